The van der Waals surface area contributed by atoms with Crippen molar-refractivity contribution >= 4 is 16.6 Å². The number of hydrogen-bond acceptors (Lipinski definition) is 5. The number of rotatable bonds is 7. The highest BCUT2D eigenvalue weighted by molar-refractivity contribution is 6.74. The molecule has 0 aliphatic carbocycles. The van der Waals surface area contributed by atoms with E-state index in [0.717, 1.165) is 0 Å². The molecule has 0 bridgehead atoms. The SMILES string of the molecule is COC1O[C@H](CO[Si](C)(C)C(C)(C)C)[C@@H](CO[Si](C)(C)C(C)(C)C)O1. The minimum Gasteiger partial charge on any atom is -0.414 e. The summed E-state index contributed by atoms with van der Waals surface area (Å²) in [5.74, 6) is 0. The van der Waals surface area contributed by atoms with Crippen LogP contribution in [0.15, 0.2) is 0 Å². The Bertz CT molecular complexity index is 388. The van der Waals surface area contributed by atoms with Crippen molar-refractivity contribution in [2.75, 3.05) is 20.3 Å². The summed E-state index contributed by atoms with van der Waals surface area (Å²) in [5.41, 5.74) is 0. The third-order valence-corrected chi connectivity index (χ3v) is 15.0. The van der Waals surface area contributed by atoms with E-state index >= 15 is 0 Å². The molecular formula is C18H40O5Si2. The molecule has 0 spiro atoms. The quantitative estimate of drug-likeness (QED) is 0.585. The van der Waals surface area contributed by atoms with Crippen molar-refractivity contribution in [3.05, 3.63) is 0 Å². The molecule has 0 radical (unpaired) electrons. The van der Waals surface area contributed by atoms with Gasteiger partial charge in [0.2, 0.25) is 0 Å². The molecule has 0 N–H and O–H groups in total. The van der Waals surface area contributed by atoms with Crippen LogP contribution in [-0.4, -0.2) is 55.6 Å². The summed E-state index contributed by atoms with van der Waals surface area (Å²) in [6.07, 6.45) is -0.326. The average molecular weight is 393 g/mol. The van der Waals surface area contributed by atoms with Gasteiger partial charge >= 0.3 is 0 Å². The maximum absolute atomic E-state index is 6.33. The topological polar surface area (TPSA) is 46.2 Å². The summed E-state index contributed by atoms with van der Waals surface area (Å²) >= 11 is 0. The molecule has 0 aromatic carbocycles. The first-order valence-electron chi connectivity index (χ1n) is 9.22. The van der Waals surface area contributed by atoms with E-state index in [9.17, 15) is 0 Å². The van der Waals surface area contributed by atoms with E-state index in [0.29, 0.717) is 13.2 Å². The van der Waals surface area contributed by atoms with Crippen LogP contribution < -0.4 is 0 Å². The van der Waals surface area contributed by atoms with Crippen LogP contribution in [0.2, 0.25) is 36.3 Å². The predicted molar refractivity (Wildman–Crippen MR) is 107 cm³/mol. The number of methoxy groups -OCH3 is 1. The second-order valence-corrected chi connectivity index (χ2v) is 19.6. The summed E-state index contributed by atoms with van der Waals surface area (Å²) in [4.78, 5) is 0. The first-order chi connectivity index (χ1) is 11.1. The molecule has 0 aromatic rings. The minimum atomic E-state index is -1.83. The van der Waals surface area contributed by atoms with Crippen LogP contribution in [0.25, 0.3) is 0 Å². The smallest absolute Gasteiger partial charge is 0.272 e. The molecule has 1 saturated heterocycles. The molecule has 2 atom stereocenters. The lowest BCUT2D eigenvalue weighted by atomic mass is 10.2. The van der Waals surface area contributed by atoms with E-state index in [4.69, 9.17) is 23.1 Å². The highest BCUT2D eigenvalue weighted by atomic mass is 28.4. The fourth-order valence-corrected chi connectivity index (χ4v) is 3.94. The summed E-state index contributed by atoms with van der Waals surface area (Å²) < 4.78 is 29.6. The summed E-state index contributed by atoms with van der Waals surface area (Å²) in [5, 5.41) is 0.334. The van der Waals surface area contributed by atoms with E-state index in [-0.39, 0.29) is 22.3 Å². The zero-order chi connectivity index (χ0) is 19.7. The Labute approximate surface area is 157 Å². The van der Waals surface area contributed by atoms with Crippen molar-refractivity contribution in [3.8, 4) is 0 Å². The average Bonchev–Trinajstić information content (AvgIpc) is 2.83. The van der Waals surface area contributed by atoms with Gasteiger partial charge in [-0.1, -0.05) is 41.5 Å². The molecule has 25 heavy (non-hydrogen) atoms. The normalized spacial score (nSPS) is 24.1. The van der Waals surface area contributed by atoms with Gasteiger partial charge in [-0.15, -0.1) is 0 Å². The maximum atomic E-state index is 6.33. The standard InChI is InChI=1S/C18H40O5Si2/c1-17(2,3)24(8,9)20-12-14-15(23-16(19-7)22-14)13-21-25(10,11)18(4,5)6/h14-16H,12-13H2,1-11H3/t14-,15-/m1/s1. The van der Waals surface area contributed by atoms with E-state index < -0.39 is 23.1 Å². The van der Waals surface area contributed by atoms with Crippen LogP contribution in [0.3, 0.4) is 0 Å². The number of hydrogen-bond donors (Lipinski definition) is 0. The largest absolute Gasteiger partial charge is 0.414 e. The second-order valence-electron chi connectivity index (χ2n) is 10.0. The van der Waals surface area contributed by atoms with Crippen LogP contribution in [0.5, 0.6) is 0 Å². The molecule has 1 aliphatic rings. The molecule has 0 amide bonds. The lowest BCUT2D eigenvalue weighted by Crippen LogP contribution is -2.46. The van der Waals surface area contributed by atoms with E-state index in [1.807, 2.05) is 0 Å². The highest BCUT2D eigenvalue weighted by Crippen LogP contribution is 2.38. The van der Waals surface area contributed by atoms with Gasteiger partial charge in [0.05, 0.1) is 13.2 Å². The Morgan fingerprint density at radius 3 is 1.28 bits per heavy atom. The Hall–Kier alpha value is 0.234. The Kier molecular flexibility index (Phi) is 7.52. The summed E-state index contributed by atoms with van der Waals surface area (Å²) in [6.45, 7) is 22.8. The molecule has 7 heteroatoms. The van der Waals surface area contributed by atoms with Gasteiger partial charge < -0.3 is 23.1 Å². The summed E-state index contributed by atoms with van der Waals surface area (Å²) in [7, 11) is -2.07. The third kappa shape index (κ3) is 6.12. The molecule has 1 heterocycles. The van der Waals surface area contributed by atoms with Crippen molar-refractivity contribution in [2.24, 2.45) is 0 Å². The van der Waals surface area contributed by atoms with Crippen molar-refractivity contribution in [1.29, 1.82) is 0 Å². The molecule has 0 unspecified atom stereocenters. The van der Waals surface area contributed by atoms with Crippen LogP contribution in [-0.2, 0) is 23.1 Å². The monoisotopic (exact) mass is 392 g/mol. The zero-order valence-corrected chi connectivity index (χ0v) is 20.2. The zero-order valence-electron chi connectivity index (χ0n) is 18.2. The van der Waals surface area contributed by atoms with Crippen LogP contribution in [0.1, 0.15) is 41.5 Å². The van der Waals surface area contributed by atoms with E-state index in [2.05, 4.69) is 67.7 Å². The third-order valence-electron chi connectivity index (χ3n) is 6.01. The lowest BCUT2D eigenvalue weighted by Gasteiger charge is -2.38. The summed E-state index contributed by atoms with van der Waals surface area (Å²) in [6, 6.07) is 0. The second kappa shape index (κ2) is 8.08. The first-order valence-corrected chi connectivity index (χ1v) is 15.0. The molecule has 1 fully saturated rings. The minimum absolute atomic E-state index is 0.163. The van der Waals surface area contributed by atoms with Crippen LogP contribution >= 0.6 is 0 Å². The van der Waals surface area contributed by atoms with Gasteiger partial charge in [0.25, 0.3) is 6.48 Å². The van der Waals surface area contributed by atoms with E-state index in [1.54, 1.807) is 7.11 Å². The van der Waals surface area contributed by atoms with Crippen molar-refractivity contribution in [3.63, 3.8) is 0 Å². The molecule has 150 valence electrons. The van der Waals surface area contributed by atoms with Crippen molar-refractivity contribution in [2.45, 2.75) is 96.5 Å². The molecule has 1 aliphatic heterocycles. The highest BCUT2D eigenvalue weighted by Gasteiger charge is 2.44. The predicted octanol–water partition coefficient (Wildman–Crippen LogP) is 4.74. The number of ether oxygens (including phenoxy) is 3. The van der Waals surface area contributed by atoms with Gasteiger partial charge in [0.1, 0.15) is 12.2 Å². The molecule has 1 rings (SSSR count). The van der Waals surface area contributed by atoms with Gasteiger partial charge in [-0.05, 0) is 36.3 Å². The van der Waals surface area contributed by atoms with Gasteiger partial charge in [-0.3, -0.25) is 0 Å². The fourth-order valence-electron chi connectivity index (χ4n) is 1.91. The molecular weight excluding hydrogens is 352 g/mol. The van der Waals surface area contributed by atoms with Gasteiger partial charge in [0, 0.05) is 7.11 Å². The molecule has 5 nitrogen and oxygen atoms in total. The maximum Gasteiger partial charge on any atom is 0.272 e. The van der Waals surface area contributed by atoms with Gasteiger partial charge in [-0.2, -0.15) is 0 Å². The fraction of sp³-hybridized carbons (Fsp3) is 1.00. The van der Waals surface area contributed by atoms with E-state index in [1.165, 1.54) is 0 Å². The molecule has 0 aromatic heterocycles. The van der Waals surface area contributed by atoms with Gasteiger partial charge in [0.15, 0.2) is 16.6 Å². The Morgan fingerprint density at radius 2 is 1.04 bits per heavy atom. The lowest BCUT2D eigenvalue weighted by molar-refractivity contribution is -0.230. The van der Waals surface area contributed by atoms with Crippen LogP contribution in [0, 0.1) is 0 Å². The Morgan fingerprint density at radius 1 is 0.720 bits per heavy atom. The molecule has 0 saturated carbocycles. The van der Waals surface area contributed by atoms with Gasteiger partial charge in [-0.25, -0.2) is 0 Å². The van der Waals surface area contributed by atoms with Crippen molar-refractivity contribution < 1.29 is 23.1 Å². The Balaban J connectivity index is 2.70. The first kappa shape index (κ1) is 23.3. The van der Waals surface area contributed by atoms with Crippen LogP contribution in [0.4, 0.5) is 0 Å². The van der Waals surface area contributed by atoms with Crippen molar-refractivity contribution in [1.82, 2.24) is 0 Å².